The van der Waals surface area contributed by atoms with Crippen LogP contribution in [0, 0.1) is 0 Å². The molecule has 0 aliphatic heterocycles. The molecule has 0 aliphatic rings. The van der Waals surface area contributed by atoms with E-state index < -0.39 is 5.56 Å². The van der Waals surface area contributed by atoms with E-state index in [-0.39, 0.29) is 28.3 Å². The van der Waals surface area contributed by atoms with E-state index in [1.807, 2.05) is 0 Å². The Hall–Kier alpha value is -0.580. The summed E-state index contributed by atoms with van der Waals surface area (Å²) in [6, 6.07) is 0. The van der Waals surface area contributed by atoms with Crippen molar-refractivity contribution >= 4 is 40.6 Å². The highest BCUT2D eigenvalue weighted by Crippen LogP contribution is 2.14. The number of carbonyl (C=O) groups is 1. The molecule has 0 radical (unpaired) electrons. The summed E-state index contributed by atoms with van der Waals surface area (Å²) < 4.78 is 0.916. The maximum atomic E-state index is 11.3. The fraction of sp³-hybridized carbons (Fsp3) is 0.286. The second-order valence-electron chi connectivity index (χ2n) is 2.44. The van der Waals surface area contributed by atoms with Crippen LogP contribution in [-0.2, 0) is 11.3 Å². The van der Waals surface area contributed by atoms with Crippen LogP contribution in [0.15, 0.2) is 11.0 Å². The normalized spacial score (nSPS) is 10.2. The number of hydrogen-bond acceptors (Lipinski definition) is 3. The van der Waals surface area contributed by atoms with Gasteiger partial charge in [-0.3, -0.25) is 9.59 Å². The van der Waals surface area contributed by atoms with Crippen molar-refractivity contribution < 1.29 is 4.79 Å². The van der Waals surface area contributed by atoms with E-state index in [0.29, 0.717) is 0 Å². The highest BCUT2D eigenvalue weighted by Gasteiger charge is 2.09. The van der Waals surface area contributed by atoms with Gasteiger partial charge in [-0.25, -0.2) is 4.68 Å². The Morgan fingerprint density at radius 2 is 2.14 bits per heavy atom. The third kappa shape index (κ3) is 2.47. The van der Waals surface area contributed by atoms with Gasteiger partial charge in [-0.1, -0.05) is 23.2 Å². The lowest BCUT2D eigenvalue weighted by atomic mass is 10.4. The van der Waals surface area contributed by atoms with Crippen molar-refractivity contribution in [1.29, 1.82) is 0 Å². The summed E-state index contributed by atoms with van der Waals surface area (Å²) >= 11 is 16.4. The second-order valence-corrected chi connectivity index (χ2v) is 3.49. The zero-order chi connectivity index (χ0) is 10.7. The van der Waals surface area contributed by atoms with Gasteiger partial charge in [0.2, 0.25) is 0 Å². The molecule has 0 saturated carbocycles. The molecule has 0 fully saturated rings. The van der Waals surface area contributed by atoms with Crippen molar-refractivity contribution in [3.05, 3.63) is 26.6 Å². The minimum absolute atomic E-state index is 0.0613. The van der Waals surface area contributed by atoms with Crippen molar-refractivity contribution in [2.24, 2.45) is 0 Å². The largest absolute Gasteiger partial charge is 0.296 e. The van der Waals surface area contributed by atoms with Crippen LogP contribution in [0.5, 0.6) is 0 Å². The van der Waals surface area contributed by atoms with Gasteiger partial charge in [0.15, 0.2) is 5.78 Å². The number of aromatic nitrogens is 2. The molecular weight excluding hydrogens is 250 g/mol. The number of Topliss-reactive ketones (excluding diaryl/α,β-unsaturated/α-hetero) is 1. The van der Waals surface area contributed by atoms with Crippen LogP contribution in [0.1, 0.15) is 0 Å². The Balaban J connectivity index is 3.06. The summed E-state index contributed by atoms with van der Waals surface area (Å²) in [6.45, 7) is -0.195. The predicted octanol–water partition coefficient (Wildman–Crippen LogP) is 1.36. The molecule has 0 aromatic carbocycles. The monoisotopic (exact) mass is 254 g/mol. The summed E-state index contributed by atoms with van der Waals surface area (Å²) in [6.07, 6.45) is 1.20. The number of halogens is 3. The van der Waals surface area contributed by atoms with E-state index in [1.54, 1.807) is 0 Å². The van der Waals surface area contributed by atoms with E-state index >= 15 is 0 Å². The Morgan fingerprint density at radius 1 is 1.50 bits per heavy atom. The average Bonchev–Trinajstić information content (AvgIpc) is 2.19. The van der Waals surface area contributed by atoms with E-state index in [9.17, 15) is 9.59 Å². The molecule has 0 unspecified atom stereocenters. The summed E-state index contributed by atoms with van der Waals surface area (Å²) in [4.78, 5) is 22.3. The first-order valence-electron chi connectivity index (χ1n) is 3.55. The van der Waals surface area contributed by atoms with Gasteiger partial charge in [-0.2, -0.15) is 5.10 Å². The number of rotatable bonds is 3. The molecule has 0 saturated heterocycles. The molecule has 1 aromatic heterocycles. The minimum Gasteiger partial charge on any atom is -0.296 e. The minimum atomic E-state index is -0.599. The van der Waals surface area contributed by atoms with Gasteiger partial charge in [0.05, 0.1) is 17.1 Å². The molecule has 1 rings (SSSR count). The van der Waals surface area contributed by atoms with E-state index in [2.05, 4.69) is 5.10 Å². The third-order valence-electron chi connectivity index (χ3n) is 1.42. The Labute approximate surface area is 94.4 Å². The maximum Gasteiger partial charge on any atom is 0.287 e. The first kappa shape index (κ1) is 11.5. The zero-order valence-corrected chi connectivity index (χ0v) is 9.10. The van der Waals surface area contributed by atoms with Crippen molar-refractivity contribution in [3.63, 3.8) is 0 Å². The van der Waals surface area contributed by atoms with Gasteiger partial charge in [-0.05, 0) is 0 Å². The molecule has 0 bridgehead atoms. The molecular formula is C7H5Cl3N2O2. The van der Waals surface area contributed by atoms with Crippen molar-refractivity contribution in [2.45, 2.75) is 6.54 Å². The first-order valence-corrected chi connectivity index (χ1v) is 4.84. The van der Waals surface area contributed by atoms with Gasteiger partial charge < -0.3 is 0 Å². The van der Waals surface area contributed by atoms with Crippen LogP contribution >= 0.6 is 34.8 Å². The van der Waals surface area contributed by atoms with Gasteiger partial charge >= 0.3 is 0 Å². The fourth-order valence-electron chi connectivity index (χ4n) is 0.767. The van der Waals surface area contributed by atoms with E-state index in [1.165, 1.54) is 6.20 Å². The lowest BCUT2D eigenvalue weighted by Gasteiger charge is -2.02. The summed E-state index contributed by atoms with van der Waals surface area (Å²) in [7, 11) is 0. The summed E-state index contributed by atoms with van der Waals surface area (Å²) in [5, 5.41) is 3.55. The van der Waals surface area contributed by atoms with Gasteiger partial charge in [0, 0.05) is 0 Å². The van der Waals surface area contributed by atoms with Crippen molar-refractivity contribution in [2.75, 3.05) is 5.88 Å². The van der Waals surface area contributed by atoms with Gasteiger partial charge in [0.1, 0.15) is 11.6 Å². The second kappa shape index (κ2) is 4.77. The molecule has 0 N–H and O–H groups in total. The molecule has 1 heterocycles. The average molecular weight is 255 g/mol. The topological polar surface area (TPSA) is 52.0 Å². The first-order chi connectivity index (χ1) is 6.56. The molecule has 0 atom stereocenters. The lowest BCUT2D eigenvalue weighted by Crippen LogP contribution is -2.27. The SMILES string of the molecule is O=C(CCl)Cn1ncc(Cl)c(Cl)c1=O. The van der Waals surface area contributed by atoms with Gasteiger partial charge in [0.25, 0.3) is 5.56 Å². The lowest BCUT2D eigenvalue weighted by molar-refractivity contribution is -0.117. The van der Waals surface area contributed by atoms with Crippen molar-refractivity contribution in [1.82, 2.24) is 9.78 Å². The highest BCUT2D eigenvalue weighted by molar-refractivity contribution is 6.41. The van der Waals surface area contributed by atoms with Crippen LogP contribution in [-0.4, -0.2) is 21.4 Å². The Bertz CT molecular complexity index is 416. The Kier molecular flexibility index (Phi) is 3.92. The van der Waals surface area contributed by atoms with E-state index in [0.717, 1.165) is 4.68 Å². The maximum absolute atomic E-state index is 11.3. The Morgan fingerprint density at radius 3 is 2.71 bits per heavy atom. The number of hydrogen-bond donors (Lipinski definition) is 0. The number of alkyl halides is 1. The smallest absolute Gasteiger partial charge is 0.287 e. The molecule has 14 heavy (non-hydrogen) atoms. The van der Waals surface area contributed by atoms with Crippen LogP contribution < -0.4 is 5.56 Å². The summed E-state index contributed by atoms with van der Waals surface area (Å²) in [5.41, 5.74) is -0.599. The van der Waals surface area contributed by atoms with Crippen LogP contribution in [0.2, 0.25) is 10.0 Å². The molecule has 0 amide bonds. The van der Waals surface area contributed by atoms with Crippen LogP contribution in [0.4, 0.5) is 0 Å². The number of ketones is 1. The fourth-order valence-corrected chi connectivity index (χ4v) is 1.12. The van der Waals surface area contributed by atoms with E-state index in [4.69, 9.17) is 34.8 Å². The third-order valence-corrected chi connectivity index (χ3v) is 2.46. The predicted molar refractivity (Wildman–Crippen MR) is 54.2 cm³/mol. The number of carbonyl (C=O) groups excluding carboxylic acids is 1. The molecule has 4 nitrogen and oxygen atoms in total. The molecule has 7 heteroatoms. The summed E-state index contributed by atoms with van der Waals surface area (Å²) in [5.74, 6) is -0.492. The molecule has 0 spiro atoms. The van der Waals surface area contributed by atoms with Crippen LogP contribution in [0.3, 0.4) is 0 Å². The number of nitrogens with zero attached hydrogens (tertiary/aromatic N) is 2. The standard InChI is InChI=1S/C7H5Cl3N2O2/c8-1-4(13)3-12-7(14)6(10)5(9)2-11-12/h2H,1,3H2. The van der Waals surface area contributed by atoms with Crippen LogP contribution in [0.25, 0.3) is 0 Å². The molecule has 76 valence electrons. The quantitative estimate of drug-likeness (QED) is 0.766. The van der Waals surface area contributed by atoms with Gasteiger partial charge in [-0.15, -0.1) is 11.6 Å². The van der Waals surface area contributed by atoms with Crippen molar-refractivity contribution in [3.8, 4) is 0 Å². The highest BCUT2D eigenvalue weighted by atomic mass is 35.5. The molecule has 1 aromatic rings. The molecule has 0 aliphatic carbocycles. The zero-order valence-electron chi connectivity index (χ0n) is 6.84.